The van der Waals surface area contributed by atoms with Crippen LogP contribution in [0.25, 0.3) is 0 Å². The number of nitrogens with zero attached hydrogens (tertiary/aromatic N) is 3. The first-order valence-electron chi connectivity index (χ1n) is 3.64. The van der Waals surface area contributed by atoms with Gasteiger partial charge in [-0.25, -0.2) is 0 Å². The van der Waals surface area contributed by atoms with Crippen molar-refractivity contribution in [1.82, 2.24) is 9.78 Å². The summed E-state index contributed by atoms with van der Waals surface area (Å²) in [6.45, 7) is 2.52. The number of methoxy groups -OCH3 is 1. The monoisotopic (exact) mass is 169 g/mol. The molecule has 1 aromatic heterocycles. The van der Waals surface area contributed by atoms with Crippen molar-refractivity contribution in [3.05, 3.63) is 17.3 Å². The third-order valence-electron chi connectivity index (χ3n) is 1.55. The first-order chi connectivity index (χ1) is 5.77. The predicted octanol–water partition coefficient (Wildman–Crippen LogP) is 1.49. The van der Waals surface area contributed by atoms with Crippen molar-refractivity contribution in [2.24, 2.45) is 5.18 Å². The fraction of sp³-hybridized carbons (Fsp3) is 0.571. The van der Waals surface area contributed by atoms with Crippen molar-refractivity contribution in [1.29, 1.82) is 0 Å². The van der Waals surface area contributed by atoms with E-state index < -0.39 is 0 Å². The maximum Gasteiger partial charge on any atom is 0.145 e. The van der Waals surface area contributed by atoms with Crippen LogP contribution in [-0.2, 0) is 4.74 Å². The number of nitroso groups, excluding NO2 is 1. The zero-order valence-electron chi connectivity index (χ0n) is 7.10. The first-order valence-corrected chi connectivity index (χ1v) is 3.64. The van der Waals surface area contributed by atoms with Crippen molar-refractivity contribution in [3.63, 3.8) is 0 Å². The highest BCUT2D eigenvalue weighted by Crippen LogP contribution is 2.12. The fourth-order valence-corrected chi connectivity index (χ4v) is 0.934. The molecular formula is C7H11N3O2. The van der Waals surface area contributed by atoms with Gasteiger partial charge in [0.2, 0.25) is 0 Å². The molecule has 0 aliphatic heterocycles. The van der Waals surface area contributed by atoms with Gasteiger partial charge >= 0.3 is 0 Å². The third kappa shape index (κ3) is 1.88. The van der Waals surface area contributed by atoms with Crippen molar-refractivity contribution in [3.8, 4) is 0 Å². The summed E-state index contributed by atoms with van der Waals surface area (Å²) < 4.78 is 6.58. The highest BCUT2D eigenvalue weighted by Gasteiger charge is 2.05. The highest BCUT2D eigenvalue weighted by molar-refractivity contribution is 5.29. The van der Waals surface area contributed by atoms with Crippen LogP contribution < -0.4 is 0 Å². The second-order valence-electron chi connectivity index (χ2n) is 2.57. The van der Waals surface area contributed by atoms with Crippen molar-refractivity contribution >= 4 is 5.69 Å². The third-order valence-corrected chi connectivity index (χ3v) is 1.55. The summed E-state index contributed by atoms with van der Waals surface area (Å²) >= 11 is 0. The smallest absolute Gasteiger partial charge is 0.145 e. The molecule has 0 aromatic carbocycles. The zero-order valence-corrected chi connectivity index (χ0v) is 7.10. The summed E-state index contributed by atoms with van der Waals surface area (Å²) in [5.74, 6) is 0. The van der Waals surface area contributed by atoms with Gasteiger partial charge in [-0.05, 0) is 12.1 Å². The molecule has 12 heavy (non-hydrogen) atoms. The molecule has 0 bridgehead atoms. The molecule has 1 rings (SSSR count). The molecule has 1 heterocycles. The average molecular weight is 169 g/mol. The van der Waals surface area contributed by atoms with E-state index in [9.17, 15) is 4.91 Å². The molecule has 5 nitrogen and oxygen atoms in total. The lowest BCUT2D eigenvalue weighted by Crippen LogP contribution is -2.10. The van der Waals surface area contributed by atoms with Gasteiger partial charge in [-0.2, -0.15) is 5.10 Å². The molecule has 0 N–H and O–H groups in total. The summed E-state index contributed by atoms with van der Waals surface area (Å²) in [5.41, 5.74) is 0.345. The number of ether oxygens (including phenoxy) is 1. The van der Waals surface area contributed by atoms with Crippen LogP contribution in [0.1, 0.15) is 13.0 Å². The summed E-state index contributed by atoms with van der Waals surface area (Å²) in [6.07, 6.45) is 3.02. The van der Waals surface area contributed by atoms with Crippen molar-refractivity contribution in [2.45, 2.75) is 13.0 Å². The van der Waals surface area contributed by atoms with Gasteiger partial charge in [0.25, 0.3) is 0 Å². The molecule has 0 aliphatic carbocycles. The summed E-state index contributed by atoms with van der Waals surface area (Å²) in [7, 11) is 1.62. The average Bonchev–Trinajstić information content (AvgIpc) is 2.52. The van der Waals surface area contributed by atoms with Crippen LogP contribution in [0.2, 0.25) is 0 Å². The molecule has 0 aliphatic rings. The Morgan fingerprint density at radius 1 is 1.83 bits per heavy atom. The Morgan fingerprint density at radius 3 is 3.08 bits per heavy atom. The molecule has 0 spiro atoms. The molecule has 5 heteroatoms. The van der Waals surface area contributed by atoms with E-state index in [0.29, 0.717) is 12.3 Å². The van der Waals surface area contributed by atoms with Gasteiger partial charge < -0.3 is 4.74 Å². The zero-order chi connectivity index (χ0) is 8.97. The molecule has 66 valence electrons. The minimum atomic E-state index is 0.130. The van der Waals surface area contributed by atoms with E-state index in [1.807, 2.05) is 6.92 Å². The Kier molecular flexibility index (Phi) is 2.93. The second kappa shape index (κ2) is 3.96. The molecule has 0 saturated carbocycles. The Balaban J connectivity index is 2.67. The van der Waals surface area contributed by atoms with E-state index in [4.69, 9.17) is 4.74 Å². The Labute approximate surface area is 70.3 Å². The normalized spacial score (nSPS) is 12.8. The van der Waals surface area contributed by atoms with Gasteiger partial charge in [-0.1, -0.05) is 0 Å². The topological polar surface area (TPSA) is 56.5 Å². The molecule has 1 aromatic rings. The van der Waals surface area contributed by atoms with E-state index in [1.54, 1.807) is 18.0 Å². The minimum absolute atomic E-state index is 0.130. The molecule has 0 amide bonds. The fourth-order valence-electron chi connectivity index (χ4n) is 0.934. The molecule has 0 saturated heterocycles. The largest absolute Gasteiger partial charge is 0.382 e. The number of aromatic nitrogens is 2. The van der Waals surface area contributed by atoms with E-state index in [2.05, 4.69) is 10.3 Å². The van der Waals surface area contributed by atoms with E-state index in [1.165, 1.54) is 6.20 Å². The number of rotatable bonds is 4. The Bertz CT molecular complexity index is 259. The number of hydrogen-bond donors (Lipinski definition) is 0. The van der Waals surface area contributed by atoms with Gasteiger partial charge in [0.05, 0.1) is 25.0 Å². The van der Waals surface area contributed by atoms with Gasteiger partial charge in [0, 0.05) is 7.11 Å². The lowest BCUT2D eigenvalue weighted by atomic mass is 10.4. The minimum Gasteiger partial charge on any atom is -0.382 e. The van der Waals surface area contributed by atoms with Gasteiger partial charge in [-0.15, -0.1) is 4.91 Å². The van der Waals surface area contributed by atoms with Crippen LogP contribution in [0.4, 0.5) is 5.69 Å². The molecular weight excluding hydrogens is 158 g/mol. The van der Waals surface area contributed by atoms with Gasteiger partial charge in [0.15, 0.2) is 0 Å². The molecule has 1 unspecified atom stereocenters. The molecule has 0 radical (unpaired) electrons. The summed E-state index contributed by atoms with van der Waals surface area (Å²) in [5, 5.41) is 6.71. The van der Waals surface area contributed by atoms with E-state index in [0.717, 1.165) is 0 Å². The lowest BCUT2D eigenvalue weighted by molar-refractivity contribution is 0.157. The first kappa shape index (κ1) is 8.86. The molecule has 1 atom stereocenters. The predicted molar refractivity (Wildman–Crippen MR) is 44.3 cm³/mol. The Hall–Kier alpha value is -1.23. The van der Waals surface area contributed by atoms with Crippen LogP contribution in [0, 0.1) is 4.91 Å². The van der Waals surface area contributed by atoms with Crippen LogP contribution in [0.15, 0.2) is 17.6 Å². The van der Waals surface area contributed by atoms with Crippen LogP contribution in [-0.4, -0.2) is 23.5 Å². The maximum absolute atomic E-state index is 10.1. The quantitative estimate of drug-likeness (QED) is 0.641. The SMILES string of the molecule is COCC(C)n1cc(N=O)cn1. The lowest BCUT2D eigenvalue weighted by Gasteiger charge is -2.09. The number of hydrogen-bond acceptors (Lipinski definition) is 4. The van der Waals surface area contributed by atoms with Gasteiger partial charge in [-0.3, -0.25) is 4.68 Å². The van der Waals surface area contributed by atoms with Crippen LogP contribution >= 0.6 is 0 Å². The second-order valence-corrected chi connectivity index (χ2v) is 2.57. The summed E-state index contributed by atoms with van der Waals surface area (Å²) in [6, 6.07) is 0.130. The Morgan fingerprint density at radius 2 is 2.58 bits per heavy atom. The maximum atomic E-state index is 10.1. The van der Waals surface area contributed by atoms with Crippen LogP contribution in [0.5, 0.6) is 0 Å². The van der Waals surface area contributed by atoms with E-state index >= 15 is 0 Å². The van der Waals surface area contributed by atoms with Crippen molar-refractivity contribution in [2.75, 3.05) is 13.7 Å². The van der Waals surface area contributed by atoms with E-state index in [-0.39, 0.29) is 6.04 Å². The standard InChI is InChI=1S/C7H11N3O2/c1-6(5-12-2)10-4-7(9-11)3-8-10/h3-4,6H,5H2,1-2H3. The summed E-state index contributed by atoms with van der Waals surface area (Å²) in [4.78, 5) is 10.1. The van der Waals surface area contributed by atoms with Crippen molar-refractivity contribution < 1.29 is 4.74 Å². The molecule has 0 fully saturated rings. The van der Waals surface area contributed by atoms with Gasteiger partial charge in [0.1, 0.15) is 5.69 Å². The highest BCUT2D eigenvalue weighted by atomic mass is 16.5. The van der Waals surface area contributed by atoms with Crippen LogP contribution in [0.3, 0.4) is 0 Å².